The van der Waals surface area contributed by atoms with Gasteiger partial charge in [-0.2, -0.15) is 0 Å². The first-order valence-electron chi connectivity index (χ1n) is 10.7. The van der Waals surface area contributed by atoms with Gasteiger partial charge in [0.25, 0.3) is 5.91 Å². The van der Waals surface area contributed by atoms with Crippen molar-refractivity contribution in [1.82, 2.24) is 14.5 Å². The molecule has 1 N–H and O–H groups in total. The molecule has 7 nitrogen and oxygen atoms in total. The summed E-state index contributed by atoms with van der Waals surface area (Å²) in [6.45, 7) is 8.48. The van der Waals surface area contributed by atoms with Crippen LogP contribution in [0.15, 0.2) is 59.5 Å². The van der Waals surface area contributed by atoms with Crippen LogP contribution < -0.4 is 4.72 Å². The molecule has 31 heavy (non-hydrogen) atoms. The molecule has 0 radical (unpaired) electrons. The first-order chi connectivity index (χ1) is 14.9. The van der Waals surface area contributed by atoms with E-state index >= 15 is 0 Å². The number of sulfonamides is 1. The number of carbonyl (C=O) groups is 1. The number of nitrogens with one attached hydrogen (secondary N) is 1. The highest BCUT2D eigenvalue weighted by Gasteiger charge is 2.25. The Bertz CT molecular complexity index is 943. The SMILES string of the molecule is CCNS(=O)(=O)c1ccc(C(=O)N(Cc2ccccc2)C(C)CN2CCOCC2)cc1. The van der Waals surface area contributed by atoms with Crippen LogP contribution in [0.1, 0.15) is 29.8 Å². The normalized spacial score (nSPS) is 16.1. The molecular formula is C23H31N3O4S. The lowest BCUT2D eigenvalue weighted by atomic mass is 10.1. The zero-order valence-corrected chi connectivity index (χ0v) is 19.0. The molecule has 0 spiro atoms. The van der Waals surface area contributed by atoms with Crippen molar-refractivity contribution in [3.05, 3.63) is 65.7 Å². The van der Waals surface area contributed by atoms with Gasteiger partial charge >= 0.3 is 0 Å². The van der Waals surface area contributed by atoms with E-state index in [2.05, 4.69) is 16.5 Å². The van der Waals surface area contributed by atoms with Gasteiger partial charge in [-0.1, -0.05) is 37.3 Å². The van der Waals surface area contributed by atoms with Gasteiger partial charge in [0.1, 0.15) is 0 Å². The molecule has 1 atom stereocenters. The molecule has 0 bridgehead atoms. The highest BCUT2D eigenvalue weighted by Crippen LogP contribution is 2.17. The van der Waals surface area contributed by atoms with E-state index in [1.165, 1.54) is 12.1 Å². The van der Waals surface area contributed by atoms with Crippen molar-refractivity contribution < 1.29 is 17.9 Å². The molecule has 8 heteroatoms. The number of benzene rings is 2. The van der Waals surface area contributed by atoms with Gasteiger partial charge in [-0.3, -0.25) is 9.69 Å². The van der Waals surface area contributed by atoms with E-state index in [0.717, 1.165) is 25.2 Å². The second-order valence-electron chi connectivity index (χ2n) is 7.71. The average Bonchev–Trinajstić information content (AvgIpc) is 2.78. The number of carbonyl (C=O) groups excluding carboxylic acids is 1. The monoisotopic (exact) mass is 445 g/mol. The highest BCUT2D eigenvalue weighted by molar-refractivity contribution is 7.89. The van der Waals surface area contributed by atoms with Crippen LogP contribution in [0.3, 0.4) is 0 Å². The molecule has 1 saturated heterocycles. The standard InChI is InChI=1S/C23H31N3O4S/c1-3-24-31(28,29)22-11-9-21(10-12-22)23(27)26(18-20-7-5-4-6-8-20)19(2)17-25-13-15-30-16-14-25/h4-12,19,24H,3,13-18H2,1-2H3. The maximum Gasteiger partial charge on any atom is 0.254 e. The van der Waals surface area contributed by atoms with E-state index in [4.69, 9.17) is 4.74 Å². The second kappa shape index (κ2) is 10.9. The Morgan fingerprint density at radius 1 is 1.10 bits per heavy atom. The summed E-state index contributed by atoms with van der Waals surface area (Å²) >= 11 is 0. The van der Waals surface area contributed by atoms with Crippen LogP contribution in [-0.4, -0.2) is 69.6 Å². The second-order valence-corrected chi connectivity index (χ2v) is 9.47. The van der Waals surface area contributed by atoms with Crippen molar-refractivity contribution in [2.45, 2.75) is 31.3 Å². The third kappa shape index (κ3) is 6.36. The summed E-state index contributed by atoms with van der Waals surface area (Å²) in [5.41, 5.74) is 1.52. The fourth-order valence-electron chi connectivity index (χ4n) is 3.68. The third-order valence-corrected chi connectivity index (χ3v) is 6.92. The van der Waals surface area contributed by atoms with Crippen LogP contribution in [0.2, 0.25) is 0 Å². The van der Waals surface area contributed by atoms with Gasteiger partial charge in [0.2, 0.25) is 10.0 Å². The fraction of sp³-hybridized carbons (Fsp3) is 0.435. The summed E-state index contributed by atoms with van der Waals surface area (Å²) < 4.78 is 32.3. The minimum atomic E-state index is -3.55. The predicted molar refractivity (Wildman–Crippen MR) is 120 cm³/mol. The van der Waals surface area contributed by atoms with Crippen molar-refractivity contribution in [1.29, 1.82) is 0 Å². The van der Waals surface area contributed by atoms with Gasteiger partial charge in [0, 0.05) is 44.3 Å². The van der Waals surface area contributed by atoms with Crippen LogP contribution in [0.25, 0.3) is 0 Å². The molecule has 1 heterocycles. The maximum absolute atomic E-state index is 13.4. The smallest absolute Gasteiger partial charge is 0.254 e. The minimum Gasteiger partial charge on any atom is -0.379 e. The summed E-state index contributed by atoms with van der Waals surface area (Å²) in [7, 11) is -3.55. The Hall–Kier alpha value is -2.26. The first kappa shape index (κ1) is 23.4. The molecule has 168 valence electrons. The largest absolute Gasteiger partial charge is 0.379 e. The molecule has 1 unspecified atom stereocenters. The van der Waals surface area contributed by atoms with Crippen LogP contribution >= 0.6 is 0 Å². The van der Waals surface area contributed by atoms with E-state index in [-0.39, 0.29) is 16.8 Å². The van der Waals surface area contributed by atoms with E-state index < -0.39 is 10.0 Å². The van der Waals surface area contributed by atoms with Gasteiger partial charge in [-0.25, -0.2) is 13.1 Å². The Morgan fingerprint density at radius 2 is 1.74 bits per heavy atom. The van der Waals surface area contributed by atoms with Crippen molar-refractivity contribution in [3.8, 4) is 0 Å². The van der Waals surface area contributed by atoms with E-state index in [1.807, 2.05) is 35.2 Å². The van der Waals surface area contributed by atoms with Crippen molar-refractivity contribution in [3.63, 3.8) is 0 Å². The Labute approximate surface area is 185 Å². The van der Waals surface area contributed by atoms with Gasteiger partial charge in [0.15, 0.2) is 0 Å². The molecule has 3 rings (SSSR count). The summed E-state index contributed by atoms with van der Waals surface area (Å²) in [6.07, 6.45) is 0. The Balaban J connectivity index is 1.80. The number of nitrogens with zero attached hydrogens (tertiary/aromatic N) is 2. The molecule has 1 aliphatic heterocycles. The summed E-state index contributed by atoms with van der Waals surface area (Å²) in [4.78, 5) is 17.8. The van der Waals surface area contributed by atoms with Gasteiger partial charge < -0.3 is 9.64 Å². The van der Waals surface area contributed by atoms with Crippen LogP contribution in [0, 0.1) is 0 Å². The molecular weight excluding hydrogens is 414 g/mol. The number of morpholine rings is 1. The van der Waals surface area contributed by atoms with Crippen molar-refractivity contribution in [2.24, 2.45) is 0 Å². The predicted octanol–water partition coefficient (Wildman–Crippen LogP) is 2.35. The number of hydrogen-bond acceptors (Lipinski definition) is 5. The fourth-order valence-corrected chi connectivity index (χ4v) is 4.72. The van der Waals surface area contributed by atoms with Crippen molar-refractivity contribution in [2.75, 3.05) is 39.4 Å². The van der Waals surface area contributed by atoms with Crippen LogP contribution in [-0.2, 0) is 21.3 Å². The molecule has 2 aromatic rings. The van der Waals surface area contributed by atoms with Gasteiger partial charge in [-0.15, -0.1) is 0 Å². The zero-order chi connectivity index (χ0) is 22.3. The van der Waals surface area contributed by atoms with Crippen LogP contribution in [0.5, 0.6) is 0 Å². The molecule has 1 fully saturated rings. The van der Waals surface area contributed by atoms with E-state index in [1.54, 1.807) is 19.1 Å². The lowest BCUT2D eigenvalue weighted by molar-refractivity contribution is 0.0228. The minimum absolute atomic E-state index is 0.0176. The molecule has 0 aromatic heterocycles. The molecule has 1 aliphatic rings. The number of ether oxygens (including phenoxy) is 1. The molecule has 1 amide bonds. The zero-order valence-electron chi connectivity index (χ0n) is 18.2. The first-order valence-corrected chi connectivity index (χ1v) is 12.1. The van der Waals surface area contributed by atoms with Crippen molar-refractivity contribution >= 4 is 15.9 Å². The molecule has 2 aromatic carbocycles. The summed E-state index contributed by atoms with van der Waals surface area (Å²) in [5.74, 6) is -0.114. The lowest BCUT2D eigenvalue weighted by Gasteiger charge is -2.35. The number of hydrogen-bond donors (Lipinski definition) is 1. The average molecular weight is 446 g/mol. The number of amides is 1. The van der Waals surface area contributed by atoms with Crippen LogP contribution in [0.4, 0.5) is 0 Å². The maximum atomic E-state index is 13.4. The third-order valence-electron chi connectivity index (χ3n) is 5.36. The summed E-state index contributed by atoms with van der Waals surface area (Å²) in [6, 6.07) is 16.0. The quantitative estimate of drug-likeness (QED) is 0.641. The molecule has 0 saturated carbocycles. The van der Waals surface area contributed by atoms with Gasteiger partial charge in [-0.05, 0) is 36.8 Å². The number of rotatable bonds is 9. The molecule has 0 aliphatic carbocycles. The topological polar surface area (TPSA) is 79.0 Å². The Kier molecular flexibility index (Phi) is 8.20. The van der Waals surface area contributed by atoms with E-state index in [0.29, 0.717) is 31.9 Å². The Morgan fingerprint density at radius 3 is 2.35 bits per heavy atom. The van der Waals surface area contributed by atoms with E-state index in [9.17, 15) is 13.2 Å². The van der Waals surface area contributed by atoms with Gasteiger partial charge in [0.05, 0.1) is 18.1 Å². The highest BCUT2D eigenvalue weighted by atomic mass is 32.2. The lowest BCUT2D eigenvalue weighted by Crippen LogP contribution is -2.48. The summed E-state index contributed by atoms with van der Waals surface area (Å²) in [5, 5.41) is 0.